The smallest absolute Gasteiger partial charge is 0.416 e. The van der Waals surface area contributed by atoms with Gasteiger partial charge in [-0.15, -0.1) is 0 Å². The molecule has 0 fully saturated rings. The molecule has 1 atom stereocenters. The third-order valence-corrected chi connectivity index (χ3v) is 3.56. The van der Waals surface area contributed by atoms with Crippen LogP contribution in [0.15, 0.2) is 40.8 Å². The third kappa shape index (κ3) is 4.38. The number of aliphatic carboxylic acids is 1. The van der Waals surface area contributed by atoms with Gasteiger partial charge in [0.25, 0.3) is 0 Å². The van der Waals surface area contributed by atoms with Crippen LogP contribution in [0.3, 0.4) is 0 Å². The highest BCUT2D eigenvalue weighted by molar-refractivity contribution is 5.73. The Morgan fingerprint density at radius 1 is 1.25 bits per heavy atom. The molecular formula is C17H18F3NO3. The lowest BCUT2D eigenvalue weighted by molar-refractivity contribution is -0.140. The average Bonchev–Trinajstić information content (AvgIpc) is 2.95. The van der Waals surface area contributed by atoms with Crippen LogP contribution in [0.25, 0.3) is 11.3 Å². The highest BCUT2D eigenvalue weighted by atomic mass is 19.4. The van der Waals surface area contributed by atoms with Gasteiger partial charge < -0.3 is 9.52 Å². The summed E-state index contributed by atoms with van der Waals surface area (Å²) in [5.74, 6) is -0.321. The minimum atomic E-state index is -4.42. The van der Waals surface area contributed by atoms with E-state index in [2.05, 4.69) is 5.32 Å². The molecular weight excluding hydrogens is 323 g/mol. The fourth-order valence-electron chi connectivity index (χ4n) is 2.30. The molecule has 1 aromatic carbocycles. The van der Waals surface area contributed by atoms with E-state index in [1.807, 2.05) is 0 Å². The first kappa shape index (κ1) is 18.1. The molecule has 24 heavy (non-hydrogen) atoms. The standard InChI is InChI=1S/C17H18F3NO3/c1-10(2)15(16(22)23)21-9-13-6-7-14(24-13)11-4-3-5-12(8-11)17(18,19)20/h3-8,10,15,21H,9H2,1-2H3,(H,22,23). The molecule has 0 spiro atoms. The molecule has 2 N–H and O–H groups in total. The highest BCUT2D eigenvalue weighted by Crippen LogP contribution is 2.32. The van der Waals surface area contributed by atoms with E-state index in [9.17, 15) is 18.0 Å². The van der Waals surface area contributed by atoms with E-state index >= 15 is 0 Å². The number of carboxylic acids is 1. The number of furan rings is 1. The lowest BCUT2D eigenvalue weighted by Gasteiger charge is -2.16. The Bertz CT molecular complexity index is 707. The predicted octanol–water partition coefficient (Wildman–Crippen LogP) is 4.16. The summed E-state index contributed by atoms with van der Waals surface area (Å²) in [5, 5.41) is 12.0. The van der Waals surface area contributed by atoms with Gasteiger partial charge >= 0.3 is 12.1 Å². The van der Waals surface area contributed by atoms with Crippen molar-refractivity contribution in [1.29, 1.82) is 0 Å². The van der Waals surface area contributed by atoms with Crippen LogP contribution in [0.5, 0.6) is 0 Å². The van der Waals surface area contributed by atoms with Crippen LogP contribution in [-0.4, -0.2) is 17.1 Å². The van der Waals surface area contributed by atoms with Crippen molar-refractivity contribution in [3.05, 3.63) is 47.7 Å². The topological polar surface area (TPSA) is 62.5 Å². The number of alkyl halides is 3. The summed E-state index contributed by atoms with van der Waals surface area (Å²) in [6, 6.07) is 7.31. The highest BCUT2D eigenvalue weighted by Gasteiger charge is 2.30. The normalized spacial score (nSPS) is 13.2. The average molecular weight is 341 g/mol. The number of hydrogen-bond donors (Lipinski definition) is 2. The molecule has 130 valence electrons. The number of carbonyl (C=O) groups is 1. The molecule has 1 aromatic heterocycles. The third-order valence-electron chi connectivity index (χ3n) is 3.56. The van der Waals surface area contributed by atoms with Crippen LogP contribution >= 0.6 is 0 Å². The summed E-state index contributed by atoms with van der Waals surface area (Å²) in [7, 11) is 0. The quantitative estimate of drug-likeness (QED) is 0.828. The summed E-state index contributed by atoms with van der Waals surface area (Å²) in [5.41, 5.74) is -0.434. The molecule has 0 aliphatic rings. The summed E-state index contributed by atoms with van der Waals surface area (Å²) >= 11 is 0. The largest absolute Gasteiger partial charge is 0.480 e. The maximum Gasteiger partial charge on any atom is 0.416 e. The van der Waals surface area contributed by atoms with Gasteiger partial charge in [-0.1, -0.05) is 26.0 Å². The van der Waals surface area contributed by atoms with Gasteiger partial charge in [0.2, 0.25) is 0 Å². The lowest BCUT2D eigenvalue weighted by atomic mass is 10.1. The van der Waals surface area contributed by atoms with Crippen LogP contribution in [0.1, 0.15) is 25.2 Å². The van der Waals surface area contributed by atoms with Crippen LogP contribution in [0, 0.1) is 5.92 Å². The van der Waals surface area contributed by atoms with Gasteiger partial charge in [0.1, 0.15) is 17.6 Å². The maximum atomic E-state index is 12.8. The zero-order valence-electron chi connectivity index (χ0n) is 13.2. The number of halogens is 3. The van der Waals surface area contributed by atoms with Crippen LogP contribution < -0.4 is 5.32 Å². The molecule has 7 heteroatoms. The van der Waals surface area contributed by atoms with Crippen molar-refractivity contribution in [3.8, 4) is 11.3 Å². The Labute approximate surface area is 137 Å². The van der Waals surface area contributed by atoms with E-state index in [4.69, 9.17) is 9.52 Å². The van der Waals surface area contributed by atoms with Gasteiger partial charge in [0, 0.05) is 5.56 Å². The van der Waals surface area contributed by atoms with Gasteiger partial charge in [-0.3, -0.25) is 10.1 Å². The number of nitrogens with one attached hydrogen (secondary N) is 1. The van der Waals surface area contributed by atoms with Gasteiger partial charge in [-0.05, 0) is 30.2 Å². The van der Waals surface area contributed by atoms with Gasteiger partial charge in [0.05, 0.1) is 12.1 Å². The molecule has 4 nitrogen and oxygen atoms in total. The summed E-state index contributed by atoms with van der Waals surface area (Å²) in [4.78, 5) is 11.1. The first-order chi connectivity index (χ1) is 11.2. The monoisotopic (exact) mass is 341 g/mol. The number of benzene rings is 1. The van der Waals surface area contributed by atoms with Crippen LogP contribution in [0.2, 0.25) is 0 Å². The predicted molar refractivity (Wildman–Crippen MR) is 82.2 cm³/mol. The number of carboxylic acid groups (broad SMARTS) is 1. The molecule has 0 radical (unpaired) electrons. The minimum Gasteiger partial charge on any atom is -0.480 e. The summed E-state index contributed by atoms with van der Waals surface area (Å²) < 4.78 is 43.8. The van der Waals surface area contributed by atoms with Crippen LogP contribution in [0.4, 0.5) is 13.2 Å². The van der Waals surface area contributed by atoms with Crippen molar-refractivity contribution in [2.45, 2.75) is 32.6 Å². The Morgan fingerprint density at radius 3 is 2.54 bits per heavy atom. The van der Waals surface area contributed by atoms with Crippen LogP contribution in [-0.2, 0) is 17.5 Å². The molecule has 0 saturated carbocycles. The molecule has 2 rings (SSSR count). The van der Waals surface area contributed by atoms with Gasteiger partial charge in [0.15, 0.2) is 0 Å². The van der Waals surface area contributed by atoms with Gasteiger partial charge in [-0.25, -0.2) is 0 Å². The summed E-state index contributed by atoms with van der Waals surface area (Å²) in [6.45, 7) is 3.73. The lowest BCUT2D eigenvalue weighted by Crippen LogP contribution is -2.40. The van der Waals surface area contributed by atoms with E-state index in [-0.39, 0.29) is 12.5 Å². The fraction of sp³-hybridized carbons (Fsp3) is 0.353. The minimum absolute atomic E-state index is 0.111. The molecule has 0 aliphatic heterocycles. The molecule has 0 amide bonds. The molecule has 1 heterocycles. The summed E-state index contributed by atoms with van der Waals surface area (Å²) in [6.07, 6.45) is -4.42. The second-order valence-corrected chi connectivity index (χ2v) is 5.79. The Kier molecular flexibility index (Phi) is 5.33. The van der Waals surface area contributed by atoms with Crippen molar-refractivity contribution >= 4 is 5.97 Å². The first-order valence-corrected chi connectivity index (χ1v) is 7.41. The SMILES string of the molecule is CC(C)C(NCc1ccc(-c2cccc(C(F)(F)F)c2)o1)C(=O)O. The Hall–Kier alpha value is -2.28. The Morgan fingerprint density at radius 2 is 1.96 bits per heavy atom. The van der Waals surface area contributed by atoms with Crippen molar-refractivity contribution in [1.82, 2.24) is 5.32 Å². The maximum absolute atomic E-state index is 12.8. The molecule has 1 unspecified atom stereocenters. The fourth-order valence-corrected chi connectivity index (χ4v) is 2.30. The molecule has 0 saturated heterocycles. The van der Waals surface area contributed by atoms with Crippen molar-refractivity contribution in [3.63, 3.8) is 0 Å². The Balaban J connectivity index is 2.12. The van der Waals surface area contributed by atoms with E-state index in [1.54, 1.807) is 26.0 Å². The van der Waals surface area contributed by atoms with Gasteiger partial charge in [-0.2, -0.15) is 13.2 Å². The zero-order valence-corrected chi connectivity index (χ0v) is 13.2. The van der Waals surface area contributed by atoms with E-state index in [1.165, 1.54) is 12.1 Å². The second-order valence-electron chi connectivity index (χ2n) is 5.79. The number of hydrogen-bond acceptors (Lipinski definition) is 3. The molecule has 0 aliphatic carbocycles. The van der Waals surface area contributed by atoms with E-state index in [0.29, 0.717) is 17.1 Å². The van der Waals surface area contributed by atoms with E-state index < -0.39 is 23.8 Å². The van der Waals surface area contributed by atoms with Crippen molar-refractivity contribution in [2.24, 2.45) is 5.92 Å². The first-order valence-electron chi connectivity index (χ1n) is 7.41. The second kappa shape index (κ2) is 7.09. The van der Waals surface area contributed by atoms with Crippen molar-refractivity contribution < 1.29 is 27.5 Å². The van der Waals surface area contributed by atoms with E-state index in [0.717, 1.165) is 12.1 Å². The zero-order chi connectivity index (χ0) is 17.9. The molecule has 2 aromatic rings. The van der Waals surface area contributed by atoms with Crippen molar-refractivity contribution in [2.75, 3.05) is 0 Å². The molecule has 0 bridgehead atoms. The number of rotatable bonds is 6.